The molecular formula is C16H13FN2S. The Morgan fingerprint density at radius 1 is 1.10 bits per heavy atom. The van der Waals surface area contributed by atoms with Crippen LogP contribution in [0.2, 0.25) is 0 Å². The van der Waals surface area contributed by atoms with Crippen LogP contribution in [0, 0.1) is 5.82 Å². The van der Waals surface area contributed by atoms with E-state index in [1.54, 1.807) is 23.5 Å². The molecule has 0 bridgehead atoms. The summed E-state index contributed by atoms with van der Waals surface area (Å²) >= 11 is 1.60. The summed E-state index contributed by atoms with van der Waals surface area (Å²) in [6.45, 7) is 0. The van der Waals surface area contributed by atoms with Crippen LogP contribution in [-0.2, 0) is 6.42 Å². The van der Waals surface area contributed by atoms with Gasteiger partial charge >= 0.3 is 0 Å². The molecule has 0 aliphatic heterocycles. The third-order valence-corrected chi connectivity index (χ3v) is 3.85. The highest BCUT2D eigenvalue weighted by atomic mass is 32.1. The lowest BCUT2D eigenvalue weighted by Gasteiger charge is -1.99. The van der Waals surface area contributed by atoms with Gasteiger partial charge in [-0.05, 0) is 29.8 Å². The van der Waals surface area contributed by atoms with Crippen molar-refractivity contribution in [3.63, 3.8) is 0 Å². The smallest absolute Gasteiger partial charge is 0.123 e. The number of nitrogen functional groups attached to an aromatic ring is 1. The van der Waals surface area contributed by atoms with Crippen molar-refractivity contribution in [2.24, 2.45) is 0 Å². The van der Waals surface area contributed by atoms with Gasteiger partial charge in [-0.2, -0.15) is 0 Å². The van der Waals surface area contributed by atoms with Crippen LogP contribution in [0.15, 0.2) is 53.9 Å². The molecule has 0 atom stereocenters. The molecule has 0 saturated carbocycles. The Hall–Kier alpha value is -2.20. The van der Waals surface area contributed by atoms with Gasteiger partial charge in [-0.3, -0.25) is 0 Å². The van der Waals surface area contributed by atoms with Crippen molar-refractivity contribution in [2.45, 2.75) is 6.42 Å². The number of anilines is 1. The normalized spacial score (nSPS) is 10.7. The summed E-state index contributed by atoms with van der Waals surface area (Å²) in [5.74, 6) is -0.215. The van der Waals surface area contributed by atoms with Gasteiger partial charge in [0, 0.05) is 23.1 Å². The molecule has 2 aromatic carbocycles. The fourth-order valence-electron chi connectivity index (χ4n) is 2.00. The zero-order valence-corrected chi connectivity index (χ0v) is 11.5. The summed E-state index contributed by atoms with van der Waals surface area (Å²) < 4.78 is 12.9. The van der Waals surface area contributed by atoms with Gasteiger partial charge in [0.25, 0.3) is 0 Å². The summed E-state index contributed by atoms with van der Waals surface area (Å²) in [7, 11) is 0. The van der Waals surface area contributed by atoms with Crippen LogP contribution in [-0.4, -0.2) is 4.98 Å². The van der Waals surface area contributed by atoms with E-state index >= 15 is 0 Å². The lowest BCUT2D eigenvalue weighted by Crippen LogP contribution is -1.89. The van der Waals surface area contributed by atoms with Crippen LogP contribution in [0.25, 0.3) is 11.3 Å². The van der Waals surface area contributed by atoms with Gasteiger partial charge in [0.2, 0.25) is 0 Å². The maximum Gasteiger partial charge on any atom is 0.123 e. The van der Waals surface area contributed by atoms with Crippen molar-refractivity contribution in [1.29, 1.82) is 0 Å². The highest BCUT2D eigenvalue weighted by Crippen LogP contribution is 2.24. The molecule has 0 amide bonds. The Bertz CT molecular complexity index is 719. The molecule has 20 heavy (non-hydrogen) atoms. The second-order valence-electron chi connectivity index (χ2n) is 4.56. The molecule has 100 valence electrons. The molecule has 2 N–H and O–H groups in total. The molecule has 0 saturated heterocycles. The Morgan fingerprint density at radius 3 is 2.65 bits per heavy atom. The van der Waals surface area contributed by atoms with E-state index in [0.29, 0.717) is 6.42 Å². The second kappa shape index (κ2) is 5.43. The molecule has 3 rings (SSSR count). The third-order valence-electron chi connectivity index (χ3n) is 3.00. The first-order valence-electron chi connectivity index (χ1n) is 6.25. The predicted molar refractivity (Wildman–Crippen MR) is 81.2 cm³/mol. The van der Waals surface area contributed by atoms with Crippen molar-refractivity contribution in [1.82, 2.24) is 4.98 Å². The minimum atomic E-state index is -0.215. The summed E-state index contributed by atoms with van der Waals surface area (Å²) in [6, 6.07) is 14.2. The number of aromatic nitrogens is 1. The van der Waals surface area contributed by atoms with Crippen LogP contribution < -0.4 is 5.73 Å². The van der Waals surface area contributed by atoms with E-state index in [4.69, 9.17) is 5.73 Å². The second-order valence-corrected chi connectivity index (χ2v) is 5.50. The van der Waals surface area contributed by atoms with E-state index in [0.717, 1.165) is 27.5 Å². The number of nitrogens with zero attached hydrogens (tertiary/aromatic N) is 1. The topological polar surface area (TPSA) is 38.9 Å². The summed E-state index contributed by atoms with van der Waals surface area (Å²) in [4.78, 5) is 4.61. The van der Waals surface area contributed by atoms with Crippen molar-refractivity contribution >= 4 is 17.0 Å². The van der Waals surface area contributed by atoms with Gasteiger partial charge in [-0.25, -0.2) is 9.37 Å². The average Bonchev–Trinajstić information content (AvgIpc) is 2.90. The van der Waals surface area contributed by atoms with Crippen molar-refractivity contribution < 1.29 is 4.39 Å². The van der Waals surface area contributed by atoms with Gasteiger partial charge in [0.15, 0.2) is 0 Å². The molecular weight excluding hydrogens is 271 g/mol. The van der Waals surface area contributed by atoms with Crippen LogP contribution in [0.3, 0.4) is 0 Å². The van der Waals surface area contributed by atoms with E-state index in [9.17, 15) is 4.39 Å². The van der Waals surface area contributed by atoms with Crippen LogP contribution >= 0.6 is 11.3 Å². The molecule has 0 aliphatic rings. The van der Waals surface area contributed by atoms with Crippen molar-refractivity contribution in [2.75, 3.05) is 5.73 Å². The lowest BCUT2D eigenvalue weighted by atomic mass is 10.1. The fraction of sp³-hybridized carbons (Fsp3) is 0.0625. The SMILES string of the molecule is Nc1cccc(-c2csc(Cc3ccc(F)cc3)n2)c1. The number of hydrogen-bond acceptors (Lipinski definition) is 3. The minimum Gasteiger partial charge on any atom is -0.399 e. The number of thiazole rings is 1. The molecule has 0 spiro atoms. The molecule has 4 heteroatoms. The van der Waals surface area contributed by atoms with E-state index in [1.807, 2.05) is 29.6 Å². The van der Waals surface area contributed by atoms with Crippen LogP contribution in [0.4, 0.5) is 10.1 Å². The van der Waals surface area contributed by atoms with Gasteiger partial charge in [0.05, 0.1) is 10.7 Å². The fourth-order valence-corrected chi connectivity index (χ4v) is 2.84. The number of hydrogen-bond donors (Lipinski definition) is 1. The maximum absolute atomic E-state index is 12.9. The summed E-state index contributed by atoms with van der Waals surface area (Å²) in [5, 5.41) is 3.03. The first-order chi connectivity index (χ1) is 9.70. The first kappa shape index (κ1) is 12.8. The molecule has 3 aromatic rings. The largest absolute Gasteiger partial charge is 0.399 e. The summed E-state index contributed by atoms with van der Waals surface area (Å²) in [5.41, 5.74) is 9.52. The molecule has 0 unspecified atom stereocenters. The predicted octanol–water partition coefficient (Wildman–Crippen LogP) is 4.12. The molecule has 2 nitrogen and oxygen atoms in total. The van der Waals surface area contributed by atoms with E-state index in [-0.39, 0.29) is 5.82 Å². The maximum atomic E-state index is 12.9. The quantitative estimate of drug-likeness (QED) is 0.735. The standard InChI is InChI=1S/C16H13FN2S/c17-13-6-4-11(5-7-13)8-16-19-15(10-20-16)12-2-1-3-14(18)9-12/h1-7,9-10H,8,18H2. The first-order valence-corrected chi connectivity index (χ1v) is 7.13. The van der Waals surface area contributed by atoms with Gasteiger partial charge in [-0.15, -0.1) is 11.3 Å². The Labute approximate surface area is 120 Å². The third kappa shape index (κ3) is 2.86. The van der Waals surface area contributed by atoms with Gasteiger partial charge in [-0.1, -0.05) is 24.3 Å². The van der Waals surface area contributed by atoms with E-state index in [1.165, 1.54) is 12.1 Å². The van der Waals surface area contributed by atoms with Gasteiger partial charge in [0.1, 0.15) is 5.82 Å². The van der Waals surface area contributed by atoms with E-state index < -0.39 is 0 Å². The molecule has 0 fully saturated rings. The van der Waals surface area contributed by atoms with E-state index in [2.05, 4.69) is 4.98 Å². The average molecular weight is 284 g/mol. The zero-order valence-electron chi connectivity index (χ0n) is 10.7. The Morgan fingerprint density at radius 2 is 1.90 bits per heavy atom. The van der Waals surface area contributed by atoms with Crippen molar-refractivity contribution in [3.05, 3.63) is 70.3 Å². The monoisotopic (exact) mass is 284 g/mol. The van der Waals surface area contributed by atoms with Gasteiger partial charge < -0.3 is 5.73 Å². The minimum absolute atomic E-state index is 0.215. The molecule has 1 aromatic heterocycles. The highest BCUT2D eigenvalue weighted by Gasteiger charge is 2.06. The molecule has 0 aliphatic carbocycles. The number of nitrogens with two attached hydrogens (primary N) is 1. The molecule has 1 heterocycles. The van der Waals surface area contributed by atoms with Crippen LogP contribution in [0.1, 0.15) is 10.6 Å². The Kier molecular flexibility index (Phi) is 3.48. The molecule has 0 radical (unpaired) electrons. The lowest BCUT2D eigenvalue weighted by molar-refractivity contribution is 0.627. The van der Waals surface area contributed by atoms with Crippen LogP contribution in [0.5, 0.6) is 0 Å². The highest BCUT2D eigenvalue weighted by molar-refractivity contribution is 7.10. The Balaban J connectivity index is 1.82. The number of benzene rings is 2. The number of rotatable bonds is 3. The van der Waals surface area contributed by atoms with Crippen molar-refractivity contribution in [3.8, 4) is 11.3 Å². The number of halogens is 1. The zero-order chi connectivity index (χ0) is 13.9. The summed E-state index contributed by atoms with van der Waals surface area (Å²) in [6.07, 6.45) is 0.716.